The summed E-state index contributed by atoms with van der Waals surface area (Å²) >= 11 is 0. The summed E-state index contributed by atoms with van der Waals surface area (Å²) in [5, 5.41) is 5.31. The fourth-order valence-electron chi connectivity index (χ4n) is 5.14. The Morgan fingerprint density at radius 3 is 2.47 bits per heavy atom. The summed E-state index contributed by atoms with van der Waals surface area (Å²) in [6.07, 6.45) is -1.01. The summed E-state index contributed by atoms with van der Waals surface area (Å²) in [5.74, 6) is -0.581. The lowest BCUT2D eigenvalue weighted by molar-refractivity contribution is -0.137. The van der Waals surface area contributed by atoms with Crippen molar-refractivity contribution in [3.05, 3.63) is 29.8 Å². The van der Waals surface area contributed by atoms with Crippen LogP contribution in [0.15, 0.2) is 24.3 Å². The van der Waals surface area contributed by atoms with Gasteiger partial charge in [-0.2, -0.15) is 13.2 Å². The predicted octanol–water partition coefficient (Wildman–Crippen LogP) is 2.72. The molecule has 2 aliphatic heterocycles. The zero-order valence-corrected chi connectivity index (χ0v) is 19.2. The molecule has 0 aromatic heterocycles. The molecule has 1 aromatic carbocycles. The minimum Gasteiger partial charge on any atom is -0.324 e. The van der Waals surface area contributed by atoms with Gasteiger partial charge in [-0.3, -0.25) is 19.4 Å². The molecule has 4 rings (SSSR count). The molecule has 2 heterocycles. The van der Waals surface area contributed by atoms with Crippen LogP contribution in [-0.4, -0.2) is 77.5 Å². The van der Waals surface area contributed by atoms with E-state index >= 15 is 0 Å². The van der Waals surface area contributed by atoms with Crippen LogP contribution in [0.1, 0.15) is 38.2 Å². The maximum atomic E-state index is 13.1. The van der Waals surface area contributed by atoms with Crippen LogP contribution in [-0.2, 0) is 15.8 Å². The lowest BCUT2D eigenvalue weighted by Crippen LogP contribution is -2.55. The lowest BCUT2D eigenvalue weighted by Gasteiger charge is -2.38. The number of piperazine rings is 1. The molecule has 2 atom stereocenters. The third-order valence-corrected chi connectivity index (χ3v) is 7.18. The molecule has 2 saturated heterocycles. The van der Waals surface area contributed by atoms with Gasteiger partial charge in [0.25, 0.3) is 5.91 Å². The first-order valence-corrected chi connectivity index (χ1v) is 11.6. The topological polar surface area (TPSA) is 85.0 Å². The number of carbonyl (C=O) groups is 3. The molecule has 1 spiro atoms. The third-order valence-electron chi connectivity index (χ3n) is 7.18. The minimum absolute atomic E-state index is 0.0379. The number of nitrogens with one attached hydrogen (secondary N) is 2. The summed E-state index contributed by atoms with van der Waals surface area (Å²) in [5.41, 5.74) is -1.93. The van der Waals surface area contributed by atoms with Gasteiger partial charge in [-0.15, -0.1) is 0 Å². The number of alkyl halides is 3. The normalized spacial score (nSPS) is 26.7. The van der Waals surface area contributed by atoms with Gasteiger partial charge in [-0.05, 0) is 30.9 Å². The van der Waals surface area contributed by atoms with E-state index in [2.05, 4.69) is 10.6 Å². The Kier molecular flexibility index (Phi) is 6.86. The van der Waals surface area contributed by atoms with E-state index in [0.29, 0.717) is 32.6 Å². The molecule has 4 amide bonds. The SMILES string of the molecule is C[C@@H]1CCCC[C@]12NC(=O)N(CN1CCN(CC(=O)Nc3ccccc3C(F)(F)F)CC1)C2=O. The largest absolute Gasteiger partial charge is 0.418 e. The highest BCUT2D eigenvalue weighted by atomic mass is 19.4. The fraction of sp³-hybridized carbons (Fsp3) is 0.609. The van der Waals surface area contributed by atoms with E-state index in [1.807, 2.05) is 16.7 Å². The Morgan fingerprint density at radius 2 is 1.79 bits per heavy atom. The van der Waals surface area contributed by atoms with Gasteiger partial charge in [-0.1, -0.05) is 31.9 Å². The number of carbonyl (C=O) groups excluding carboxylic acids is 3. The maximum absolute atomic E-state index is 13.1. The van der Waals surface area contributed by atoms with Gasteiger partial charge in [0.05, 0.1) is 24.5 Å². The highest BCUT2D eigenvalue weighted by Gasteiger charge is 2.55. The van der Waals surface area contributed by atoms with Crippen molar-refractivity contribution in [2.75, 3.05) is 44.7 Å². The van der Waals surface area contributed by atoms with E-state index < -0.39 is 23.2 Å². The fourth-order valence-corrected chi connectivity index (χ4v) is 5.14. The number of para-hydroxylation sites is 1. The van der Waals surface area contributed by atoms with Crippen LogP contribution in [0.4, 0.5) is 23.7 Å². The summed E-state index contributed by atoms with van der Waals surface area (Å²) in [6, 6.07) is 4.53. The van der Waals surface area contributed by atoms with Gasteiger partial charge in [0.15, 0.2) is 0 Å². The average Bonchev–Trinajstić information content (AvgIpc) is 3.01. The van der Waals surface area contributed by atoms with Crippen LogP contribution in [0.2, 0.25) is 0 Å². The molecule has 1 saturated carbocycles. The van der Waals surface area contributed by atoms with Gasteiger partial charge in [0, 0.05) is 26.2 Å². The van der Waals surface area contributed by atoms with Crippen molar-refractivity contribution in [1.82, 2.24) is 20.0 Å². The van der Waals surface area contributed by atoms with Crippen molar-refractivity contribution in [1.29, 1.82) is 0 Å². The third kappa shape index (κ3) is 4.90. The van der Waals surface area contributed by atoms with Gasteiger partial charge in [-0.25, -0.2) is 9.69 Å². The second-order valence-electron chi connectivity index (χ2n) is 9.41. The number of hydrogen-bond acceptors (Lipinski definition) is 5. The highest BCUT2D eigenvalue weighted by molar-refractivity contribution is 6.07. The van der Waals surface area contributed by atoms with Crippen molar-refractivity contribution in [2.24, 2.45) is 5.92 Å². The molecule has 0 unspecified atom stereocenters. The van der Waals surface area contributed by atoms with Gasteiger partial charge < -0.3 is 10.6 Å². The number of hydrogen-bond donors (Lipinski definition) is 2. The Balaban J connectivity index is 1.28. The lowest BCUT2D eigenvalue weighted by atomic mass is 9.73. The zero-order chi connectivity index (χ0) is 24.5. The molecule has 0 bridgehead atoms. The monoisotopic (exact) mass is 481 g/mol. The van der Waals surface area contributed by atoms with Crippen LogP contribution >= 0.6 is 0 Å². The molecule has 186 valence electrons. The quantitative estimate of drug-likeness (QED) is 0.632. The molecular formula is C23H30F3N5O3. The van der Waals surface area contributed by atoms with E-state index in [-0.39, 0.29) is 36.8 Å². The Labute approximate surface area is 196 Å². The second kappa shape index (κ2) is 9.53. The summed E-state index contributed by atoms with van der Waals surface area (Å²) in [6.45, 7) is 4.23. The average molecular weight is 482 g/mol. The van der Waals surface area contributed by atoms with E-state index in [4.69, 9.17) is 0 Å². The second-order valence-corrected chi connectivity index (χ2v) is 9.41. The molecule has 0 radical (unpaired) electrons. The predicted molar refractivity (Wildman–Crippen MR) is 119 cm³/mol. The highest BCUT2D eigenvalue weighted by Crippen LogP contribution is 2.38. The smallest absolute Gasteiger partial charge is 0.324 e. The first-order chi connectivity index (χ1) is 16.1. The van der Waals surface area contributed by atoms with E-state index in [1.54, 1.807) is 0 Å². The van der Waals surface area contributed by atoms with E-state index in [9.17, 15) is 27.6 Å². The molecule has 1 aromatic rings. The van der Waals surface area contributed by atoms with Crippen molar-refractivity contribution in [3.8, 4) is 0 Å². The number of halogens is 3. The molecule has 1 aliphatic carbocycles. The zero-order valence-electron chi connectivity index (χ0n) is 19.2. The molecule has 34 heavy (non-hydrogen) atoms. The molecule has 8 nitrogen and oxygen atoms in total. The van der Waals surface area contributed by atoms with Crippen LogP contribution in [0.3, 0.4) is 0 Å². The molecule has 2 N–H and O–H groups in total. The molecular weight excluding hydrogens is 451 g/mol. The number of imide groups is 1. The van der Waals surface area contributed by atoms with Crippen LogP contribution in [0.5, 0.6) is 0 Å². The summed E-state index contributed by atoms with van der Waals surface area (Å²) in [7, 11) is 0. The Morgan fingerprint density at radius 1 is 1.12 bits per heavy atom. The molecule has 3 fully saturated rings. The van der Waals surface area contributed by atoms with Crippen molar-refractivity contribution in [3.63, 3.8) is 0 Å². The van der Waals surface area contributed by atoms with Crippen molar-refractivity contribution in [2.45, 2.75) is 44.3 Å². The van der Waals surface area contributed by atoms with E-state index in [1.165, 1.54) is 23.1 Å². The minimum atomic E-state index is -4.55. The van der Waals surface area contributed by atoms with Gasteiger partial charge in [0.2, 0.25) is 5.91 Å². The first-order valence-electron chi connectivity index (χ1n) is 11.6. The van der Waals surface area contributed by atoms with Crippen molar-refractivity contribution < 1.29 is 27.6 Å². The molecule has 3 aliphatic rings. The van der Waals surface area contributed by atoms with E-state index in [0.717, 1.165) is 25.3 Å². The number of urea groups is 1. The Hall–Kier alpha value is -2.66. The van der Waals surface area contributed by atoms with Crippen LogP contribution in [0, 0.1) is 5.92 Å². The standard InChI is InChI=1S/C23H30F3N5O3/c1-16-6-4-5-9-22(16)20(33)31(21(34)28-22)15-30-12-10-29(11-13-30)14-19(32)27-18-8-3-2-7-17(18)23(24,25)26/h2-3,7-8,16H,4-6,9-15H2,1H3,(H,27,32)(H,28,34)/t16-,22+/m1/s1. The first kappa shape index (κ1) is 24.5. The van der Waals surface area contributed by atoms with Crippen LogP contribution < -0.4 is 10.6 Å². The number of amides is 4. The Bertz CT molecular complexity index is 948. The van der Waals surface area contributed by atoms with Crippen molar-refractivity contribution >= 4 is 23.5 Å². The van der Waals surface area contributed by atoms with Gasteiger partial charge in [0.1, 0.15) is 5.54 Å². The summed E-state index contributed by atoms with van der Waals surface area (Å²) in [4.78, 5) is 43.2. The summed E-state index contributed by atoms with van der Waals surface area (Å²) < 4.78 is 39.4. The molecule has 11 heteroatoms. The van der Waals surface area contributed by atoms with Crippen LogP contribution in [0.25, 0.3) is 0 Å². The number of benzene rings is 1. The number of rotatable bonds is 5. The number of anilines is 1. The van der Waals surface area contributed by atoms with Gasteiger partial charge >= 0.3 is 12.2 Å². The number of nitrogens with zero attached hydrogens (tertiary/aromatic N) is 3. The maximum Gasteiger partial charge on any atom is 0.418 e.